The lowest BCUT2D eigenvalue weighted by Crippen LogP contribution is -1.84. The molecule has 0 aromatic heterocycles. The molecule has 0 aliphatic rings. The Labute approximate surface area is 85.4 Å². The maximum Gasteiger partial charge on any atom is 0.0121 e. The van der Waals surface area contributed by atoms with Crippen molar-refractivity contribution >= 4 is 23.8 Å². The molecule has 1 aromatic rings. The molecule has 0 spiro atoms. The lowest BCUT2D eigenvalue weighted by molar-refractivity contribution is 1.37. The van der Waals surface area contributed by atoms with Crippen LogP contribution < -0.4 is 0 Å². The van der Waals surface area contributed by atoms with E-state index in [1.54, 1.807) is 0 Å². The molecular weight excluding hydrogens is 176 g/mol. The van der Waals surface area contributed by atoms with Gasteiger partial charge in [0, 0.05) is 4.90 Å². The lowest BCUT2D eigenvalue weighted by atomic mass is 10.0. The highest BCUT2D eigenvalue weighted by Gasteiger charge is 2.01. The van der Waals surface area contributed by atoms with Gasteiger partial charge in [-0.15, -0.1) is 12.6 Å². The molecule has 13 heavy (non-hydrogen) atoms. The van der Waals surface area contributed by atoms with Crippen molar-refractivity contribution in [3.05, 3.63) is 42.5 Å². The monoisotopic (exact) mass is 190 g/mol. The van der Waals surface area contributed by atoms with Gasteiger partial charge in [-0.2, -0.15) is 0 Å². The van der Waals surface area contributed by atoms with Crippen LogP contribution in [-0.2, 0) is 0 Å². The zero-order chi connectivity index (χ0) is 10.0. The molecule has 0 radical (unpaired) electrons. The highest BCUT2D eigenvalue weighted by Crippen LogP contribution is 2.24. The van der Waals surface area contributed by atoms with E-state index in [1.165, 1.54) is 0 Å². The number of hydrogen-bond acceptors (Lipinski definition) is 1. The average molecular weight is 190 g/mol. The summed E-state index contributed by atoms with van der Waals surface area (Å²) in [6.07, 6.45) is 0. The van der Waals surface area contributed by atoms with Crippen molar-refractivity contribution in [1.82, 2.24) is 0 Å². The third-order valence-electron chi connectivity index (χ3n) is 1.95. The number of benzene rings is 1. The Bertz CT molecular complexity index is 361. The normalized spacial score (nSPS) is 9.77. The van der Waals surface area contributed by atoms with Crippen LogP contribution >= 0.6 is 12.6 Å². The molecule has 0 nitrogen and oxygen atoms in total. The quantitative estimate of drug-likeness (QED) is 0.668. The van der Waals surface area contributed by atoms with E-state index >= 15 is 0 Å². The topological polar surface area (TPSA) is 0 Å². The predicted molar refractivity (Wildman–Crippen MR) is 63.1 cm³/mol. The number of allylic oxidation sites excluding steroid dienone is 2. The smallest absolute Gasteiger partial charge is 0.0121 e. The summed E-state index contributed by atoms with van der Waals surface area (Å²) in [7, 11) is 0. The highest BCUT2D eigenvalue weighted by molar-refractivity contribution is 7.80. The summed E-state index contributed by atoms with van der Waals surface area (Å²) >= 11 is 4.40. The van der Waals surface area contributed by atoms with Gasteiger partial charge in [-0.05, 0) is 36.6 Å². The Kier molecular flexibility index (Phi) is 2.99. The second-order valence-corrected chi connectivity index (χ2v) is 3.77. The largest absolute Gasteiger partial charge is 0.143 e. The number of rotatable bonds is 2. The molecule has 0 saturated heterocycles. The summed E-state index contributed by atoms with van der Waals surface area (Å²) in [5.74, 6) is 0. The summed E-state index contributed by atoms with van der Waals surface area (Å²) in [4.78, 5) is 0.966. The first-order valence-electron chi connectivity index (χ1n) is 4.17. The summed E-state index contributed by atoms with van der Waals surface area (Å²) in [5, 5.41) is 0. The van der Waals surface area contributed by atoms with Gasteiger partial charge in [0.05, 0.1) is 0 Å². The molecule has 1 rings (SSSR count). The molecule has 0 fully saturated rings. The van der Waals surface area contributed by atoms with Crippen LogP contribution in [0, 0.1) is 0 Å². The van der Waals surface area contributed by atoms with Crippen molar-refractivity contribution in [2.75, 3.05) is 0 Å². The van der Waals surface area contributed by atoms with Crippen molar-refractivity contribution in [2.45, 2.75) is 18.7 Å². The van der Waals surface area contributed by atoms with Crippen molar-refractivity contribution in [2.24, 2.45) is 0 Å². The van der Waals surface area contributed by atoms with Gasteiger partial charge in [-0.25, -0.2) is 0 Å². The molecule has 0 saturated carbocycles. The minimum atomic E-state index is 0.966. The third kappa shape index (κ3) is 2.25. The summed E-state index contributed by atoms with van der Waals surface area (Å²) in [6.45, 7) is 11.7. The summed E-state index contributed by atoms with van der Waals surface area (Å²) < 4.78 is 0. The van der Waals surface area contributed by atoms with Crippen LogP contribution in [0.4, 0.5) is 0 Å². The van der Waals surface area contributed by atoms with Gasteiger partial charge >= 0.3 is 0 Å². The van der Waals surface area contributed by atoms with Crippen LogP contribution in [0.25, 0.3) is 11.1 Å². The minimum Gasteiger partial charge on any atom is -0.143 e. The summed E-state index contributed by atoms with van der Waals surface area (Å²) in [5.41, 5.74) is 4.34. The first-order chi connectivity index (χ1) is 6.02. The summed E-state index contributed by atoms with van der Waals surface area (Å²) in [6, 6.07) is 6.11. The molecule has 0 heterocycles. The van der Waals surface area contributed by atoms with Gasteiger partial charge in [0.1, 0.15) is 0 Å². The molecule has 1 heteroatoms. The SMILES string of the molecule is C=C(C)c1ccc(C(=C)C)c(S)c1. The van der Waals surface area contributed by atoms with Gasteiger partial charge < -0.3 is 0 Å². The van der Waals surface area contributed by atoms with E-state index < -0.39 is 0 Å². The Hall–Kier alpha value is -0.950. The lowest BCUT2D eigenvalue weighted by Gasteiger charge is -2.06. The Balaban J connectivity index is 3.20. The van der Waals surface area contributed by atoms with Gasteiger partial charge in [0.25, 0.3) is 0 Å². The van der Waals surface area contributed by atoms with Crippen LogP contribution in [0.5, 0.6) is 0 Å². The second-order valence-electron chi connectivity index (χ2n) is 3.29. The zero-order valence-corrected chi connectivity index (χ0v) is 8.99. The molecule has 0 aliphatic carbocycles. The third-order valence-corrected chi connectivity index (χ3v) is 2.32. The Morgan fingerprint density at radius 1 is 1.15 bits per heavy atom. The van der Waals surface area contributed by atoms with Crippen LogP contribution in [0.3, 0.4) is 0 Å². The first-order valence-corrected chi connectivity index (χ1v) is 4.62. The maximum absolute atomic E-state index is 4.40. The average Bonchev–Trinajstić information content (AvgIpc) is 2.03. The molecular formula is C12H14S. The van der Waals surface area contributed by atoms with Crippen LogP contribution in [-0.4, -0.2) is 0 Å². The molecule has 0 bridgehead atoms. The standard InChI is InChI=1S/C12H14S/c1-8(2)10-5-6-11(9(3)4)12(13)7-10/h5-7,13H,1,3H2,2,4H3. The van der Waals surface area contributed by atoms with E-state index in [9.17, 15) is 0 Å². The van der Waals surface area contributed by atoms with Crippen LogP contribution in [0.15, 0.2) is 36.3 Å². The number of hydrogen-bond donors (Lipinski definition) is 1. The van der Waals surface area contributed by atoms with Crippen molar-refractivity contribution in [3.63, 3.8) is 0 Å². The Morgan fingerprint density at radius 2 is 1.77 bits per heavy atom. The molecule has 0 N–H and O–H groups in total. The van der Waals surface area contributed by atoms with E-state index in [-0.39, 0.29) is 0 Å². The van der Waals surface area contributed by atoms with E-state index in [4.69, 9.17) is 0 Å². The van der Waals surface area contributed by atoms with E-state index in [1.807, 2.05) is 32.0 Å². The molecule has 0 amide bonds. The molecule has 0 unspecified atom stereocenters. The van der Waals surface area contributed by atoms with Crippen LogP contribution in [0.2, 0.25) is 0 Å². The van der Waals surface area contributed by atoms with Crippen LogP contribution in [0.1, 0.15) is 25.0 Å². The van der Waals surface area contributed by atoms with Gasteiger partial charge in [0.2, 0.25) is 0 Å². The van der Waals surface area contributed by atoms with Gasteiger partial charge in [-0.3, -0.25) is 0 Å². The molecule has 0 atom stereocenters. The fourth-order valence-electron chi connectivity index (χ4n) is 1.16. The van der Waals surface area contributed by atoms with Gasteiger partial charge in [0.15, 0.2) is 0 Å². The fraction of sp³-hybridized carbons (Fsp3) is 0.167. The maximum atomic E-state index is 4.40. The predicted octanol–water partition coefficient (Wildman–Crippen LogP) is 4.04. The second kappa shape index (κ2) is 3.84. The van der Waals surface area contributed by atoms with Gasteiger partial charge in [-0.1, -0.05) is 30.9 Å². The number of thiol groups is 1. The van der Waals surface area contributed by atoms with E-state index in [2.05, 4.69) is 25.8 Å². The zero-order valence-electron chi connectivity index (χ0n) is 8.09. The van der Waals surface area contributed by atoms with Crippen molar-refractivity contribution in [3.8, 4) is 0 Å². The highest BCUT2D eigenvalue weighted by atomic mass is 32.1. The van der Waals surface area contributed by atoms with E-state index in [0.717, 1.165) is 27.2 Å². The fourth-order valence-corrected chi connectivity index (χ4v) is 1.56. The van der Waals surface area contributed by atoms with E-state index in [0.29, 0.717) is 0 Å². The minimum absolute atomic E-state index is 0.966. The Morgan fingerprint density at radius 3 is 2.15 bits per heavy atom. The molecule has 1 aromatic carbocycles. The van der Waals surface area contributed by atoms with Crippen molar-refractivity contribution < 1.29 is 0 Å². The molecule has 68 valence electrons. The molecule has 0 aliphatic heterocycles. The van der Waals surface area contributed by atoms with Crippen molar-refractivity contribution in [1.29, 1.82) is 0 Å². The first kappa shape index (κ1) is 10.1.